The van der Waals surface area contributed by atoms with Crippen LogP contribution in [0.1, 0.15) is 35.0 Å². The van der Waals surface area contributed by atoms with Crippen molar-refractivity contribution in [3.05, 3.63) is 137 Å². The van der Waals surface area contributed by atoms with Gasteiger partial charge < -0.3 is 14.0 Å². The van der Waals surface area contributed by atoms with Gasteiger partial charge in [-0.3, -0.25) is 0 Å². The van der Waals surface area contributed by atoms with E-state index in [-0.39, 0.29) is 5.97 Å². The van der Waals surface area contributed by atoms with Gasteiger partial charge in [0.25, 0.3) is 0 Å². The molecule has 0 saturated carbocycles. The zero-order valence-corrected chi connectivity index (χ0v) is 23.4. The number of carbonyl (C=O) groups is 1. The molecule has 0 aliphatic heterocycles. The van der Waals surface area contributed by atoms with Gasteiger partial charge in [0.15, 0.2) is 6.10 Å². The Hall–Kier alpha value is -4.31. The average molecular weight is 532 g/mol. The van der Waals surface area contributed by atoms with Gasteiger partial charge in [-0.05, 0) is 84.8 Å². The monoisotopic (exact) mass is 531 g/mol. The summed E-state index contributed by atoms with van der Waals surface area (Å²) in [6.45, 7) is 5.24. The molecule has 0 bridgehead atoms. The predicted octanol–water partition coefficient (Wildman–Crippen LogP) is 7.53. The van der Waals surface area contributed by atoms with E-state index in [1.165, 1.54) is 33.3 Å². The zero-order valence-electron chi connectivity index (χ0n) is 23.4. The van der Waals surface area contributed by atoms with Crippen molar-refractivity contribution in [1.29, 1.82) is 0 Å². The summed E-state index contributed by atoms with van der Waals surface area (Å²) in [6.07, 6.45) is 2.73. The molecule has 5 aromatic rings. The van der Waals surface area contributed by atoms with Crippen LogP contribution in [0.5, 0.6) is 5.75 Å². The maximum Gasteiger partial charge on any atom is 0.347 e. The first-order valence-corrected chi connectivity index (χ1v) is 14.2. The number of aromatic nitrogens is 1. The lowest BCUT2D eigenvalue weighted by Gasteiger charge is -2.18. The van der Waals surface area contributed by atoms with Crippen LogP contribution in [0.3, 0.4) is 0 Å². The van der Waals surface area contributed by atoms with E-state index >= 15 is 0 Å². The first kappa shape index (κ1) is 27.3. The second-order valence-electron chi connectivity index (χ2n) is 10.2. The standard InChI is InChI=1S/C36H37NO3/c1-3-39-36(38)35(26-29-10-5-4-6-11-29)40-33-22-17-28(18-23-33)24-25-37-27(2)16-20-32(37)21-19-31-14-9-13-30-12-7-8-15-34(30)31/h4-18,20,22-23,35H,3,19,21,24-26H2,1-2H3/t35-/m1/s1. The number of nitrogens with zero attached hydrogens (tertiary/aromatic N) is 1. The Morgan fingerprint density at radius 2 is 1.50 bits per heavy atom. The van der Waals surface area contributed by atoms with Gasteiger partial charge in [-0.2, -0.15) is 0 Å². The quantitative estimate of drug-likeness (QED) is 0.156. The van der Waals surface area contributed by atoms with Gasteiger partial charge in [0, 0.05) is 24.4 Å². The number of ether oxygens (including phenoxy) is 2. The van der Waals surface area contributed by atoms with E-state index in [4.69, 9.17) is 9.47 Å². The summed E-state index contributed by atoms with van der Waals surface area (Å²) in [6, 6.07) is 37.7. The number of fused-ring (bicyclic) bond motifs is 1. The van der Waals surface area contributed by atoms with Crippen molar-refractivity contribution >= 4 is 16.7 Å². The summed E-state index contributed by atoms with van der Waals surface area (Å²) in [4.78, 5) is 12.6. The molecular weight excluding hydrogens is 494 g/mol. The molecule has 0 aliphatic rings. The van der Waals surface area contributed by atoms with E-state index < -0.39 is 6.10 Å². The van der Waals surface area contributed by atoms with Crippen LogP contribution < -0.4 is 4.74 Å². The number of hydrogen-bond acceptors (Lipinski definition) is 3. The molecule has 204 valence electrons. The van der Waals surface area contributed by atoms with Crippen LogP contribution in [0.2, 0.25) is 0 Å². The third kappa shape index (κ3) is 6.81. The third-order valence-electron chi connectivity index (χ3n) is 7.46. The molecule has 0 saturated heterocycles. The second-order valence-corrected chi connectivity index (χ2v) is 10.2. The van der Waals surface area contributed by atoms with E-state index in [2.05, 4.69) is 78.2 Å². The van der Waals surface area contributed by atoms with Crippen molar-refractivity contribution in [3.8, 4) is 5.75 Å². The van der Waals surface area contributed by atoms with Crippen LogP contribution in [-0.2, 0) is 41.8 Å². The first-order chi connectivity index (χ1) is 19.6. The molecule has 1 heterocycles. The van der Waals surface area contributed by atoms with Gasteiger partial charge in [0.2, 0.25) is 0 Å². The Labute approximate surface area is 237 Å². The number of esters is 1. The zero-order chi connectivity index (χ0) is 27.7. The summed E-state index contributed by atoms with van der Waals surface area (Å²) in [7, 11) is 0. The van der Waals surface area contributed by atoms with E-state index in [0.717, 1.165) is 31.4 Å². The minimum Gasteiger partial charge on any atom is -0.478 e. The highest BCUT2D eigenvalue weighted by Gasteiger charge is 2.22. The Kier molecular flexibility index (Phi) is 8.97. The highest BCUT2D eigenvalue weighted by molar-refractivity contribution is 5.85. The molecule has 4 nitrogen and oxygen atoms in total. The van der Waals surface area contributed by atoms with Crippen LogP contribution >= 0.6 is 0 Å². The van der Waals surface area contributed by atoms with Crippen LogP contribution in [-0.4, -0.2) is 23.2 Å². The minimum absolute atomic E-state index is 0.329. The highest BCUT2D eigenvalue weighted by Crippen LogP contribution is 2.22. The number of rotatable bonds is 12. The second kappa shape index (κ2) is 13.2. The summed E-state index contributed by atoms with van der Waals surface area (Å²) >= 11 is 0. The Morgan fingerprint density at radius 1 is 0.750 bits per heavy atom. The molecular formula is C36H37NO3. The van der Waals surface area contributed by atoms with Crippen LogP contribution in [0.4, 0.5) is 0 Å². The smallest absolute Gasteiger partial charge is 0.347 e. The van der Waals surface area contributed by atoms with E-state index in [9.17, 15) is 4.79 Å². The van der Waals surface area contributed by atoms with Gasteiger partial charge in [-0.1, -0.05) is 84.9 Å². The van der Waals surface area contributed by atoms with Crippen molar-refractivity contribution in [2.45, 2.75) is 52.2 Å². The SMILES string of the molecule is CCOC(=O)[C@@H](Cc1ccccc1)Oc1ccc(CCn2c(C)ccc2CCc2cccc3ccccc23)cc1. The predicted molar refractivity (Wildman–Crippen MR) is 162 cm³/mol. The average Bonchev–Trinajstić information content (AvgIpc) is 3.34. The maximum atomic E-state index is 12.6. The number of carbonyl (C=O) groups excluding carboxylic acids is 1. The lowest BCUT2D eigenvalue weighted by atomic mass is 10.0. The summed E-state index contributed by atoms with van der Waals surface area (Å²) < 4.78 is 13.8. The maximum absolute atomic E-state index is 12.6. The molecule has 0 aliphatic carbocycles. The van der Waals surface area contributed by atoms with E-state index in [1.807, 2.05) is 49.4 Å². The molecule has 4 aromatic carbocycles. The van der Waals surface area contributed by atoms with Gasteiger partial charge in [-0.15, -0.1) is 0 Å². The molecule has 4 heteroatoms. The molecule has 40 heavy (non-hydrogen) atoms. The Bertz CT molecular complexity index is 1530. The minimum atomic E-state index is -0.681. The molecule has 1 atom stereocenters. The fourth-order valence-corrected chi connectivity index (χ4v) is 5.31. The van der Waals surface area contributed by atoms with Crippen LogP contribution in [0, 0.1) is 6.92 Å². The van der Waals surface area contributed by atoms with Crippen LogP contribution in [0.15, 0.2) is 109 Å². The number of benzene rings is 4. The Balaban J connectivity index is 1.21. The van der Waals surface area contributed by atoms with Gasteiger partial charge in [-0.25, -0.2) is 4.79 Å². The highest BCUT2D eigenvalue weighted by atomic mass is 16.6. The third-order valence-corrected chi connectivity index (χ3v) is 7.46. The molecule has 0 unspecified atom stereocenters. The molecule has 0 radical (unpaired) electrons. The topological polar surface area (TPSA) is 40.5 Å². The molecule has 5 rings (SSSR count). The normalized spacial score (nSPS) is 11.8. The van der Waals surface area contributed by atoms with Crippen LogP contribution in [0.25, 0.3) is 10.8 Å². The number of aryl methyl sites for hydroxylation is 4. The van der Waals surface area contributed by atoms with E-state index in [1.54, 1.807) is 0 Å². The molecule has 1 aromatic heterocycles. The van der Waals surface area contributed by atoms with Gasteiger partial charge in [0.1, 0.15) is 5.75 Å². The Morgan fingerprint density at radius 3 is 2.30 bits per heavy atom. The van der Waals surface area contributed by atoms with Crippen molar-refractivity contribution in [2.24, 2.45) is 0 Å². The molecule has 0 N–H and O–H groups in total. The summed E-state index contributed by atoms with van der Waals surface area (Å²) in [5.74, 6) is 0.334. The number of hydrogen-bond donors (Lipinski definition) is 0. The molecule has 0 amide bonds. The van der Waals surface area contributed by atoms with Crippen molar-refractivity contribution in [2.75, 3.05) is 6.61 Å². The van der Waals surface area contributed by atoms with Crippen molar-refractivity contribution < 1.29 is 14.3 Å². The van der Waals surface area contributed by atoms with Crippen molar-refractivity contribution in [3.63, 3.8) is 0 Å². The largest absolute Gasteiger partial charge is 0.478 e. The lowest BCUT2D eigenvalue weighted by molar-refractivity contribution is -0.151. The van der Waals surface area contributed by atoms with Crippen molar-refractivity contribution in [1.82, 2.24) is 4.57 Å². The van der Waals surface area contributed by atoms with Gasteiger partial charge >= 0.3 is 5.97 Å². The molecule has 0 fully saturated rings. The fraction of sp³-hybridized carbons (Fsp3) is 0.250. The molecule has 0 spiro atoms. The summed E-state index contributed by atoms with van der Waals surface area (Å²) in [5.41, 5.74) is 6.31. The summed E-state index contributed by atoms with van der Waals surface area (Å²) in [5, 5.41) is 2.64. The fourth-order valence-electron chi connectivity index (χ4n) is 5.31. The van der Waals surface area contributed by atoms with Gasteiger partial charge in [0.05, 0.1) is 6.61 Å². The lowest BCUT2D eigenvalue weighted by Crippen LogP contribution is -2.31. The first-order valence-electron chi connectivity index (χ1n) is 14.2. The van der Waals surface area contributed by atoms with E-state index in [0.29, 0.717) is 18.8 Å².